The fraction of sp³-hybridized carbons (Fsp3) is 0.250. The van der Waals surface area contributed by atoms with Gasteiger partial charge in [-0.2, -0.15) is 18.2 Å². The molecule has 0 saturated carbocycles. The second kappa shape index (κ2) is 9.05. The first-order valence-electron chi connectivity index (χ1n) is 9.78. The lowest BCUT2D eigenvalue weighted by molar-refractivity contribution is -0.159. The molecule has 0 radical (unpaired) electrons. The summed E-state index contributed by atoms with van der Waals surface area (Å²) in [5.74, 6) is -2.11. The van der Waals surface area contributed by atoms with Crippen molar-refractivity contribution < 1.29 is 31.2 Å². The fourth-order valence-corrected chi connectivity index (χ4v) is 4.82. The van der Waals surface area contributed by atoms with Crippen molar-refractivity contribution in [2.45, 2.75) is 25.8 Å². The van der Waals surface area contributed by atoms with Crippen molar-refractivity contribution in [1.29, 1.82) is 0 Å². The molecule has 174 valence electrons. The summed E-state index contributed by atoms with van der Waals surface area (Å²) in [5.41, 5.74) is 1.40. The molecule has 8 nitrogen and oxygen atoms in total. The molecule has 1 aromatic carbocycles. The number of alkyl halides is 3. The minimum Gasteiger partial charge on any atom is -0.329 e. The zero-order chi connectivity index (χ0) is 23.6. The highest BCUT2D eigenvalue weighted by Crippen LogP contribution is 2.46. The normalized spacial score (nSPS) is 14.0. The molecule has 3 heterocycles. The first-order valence-corrected chi connectivity index (χ1v) is 11.6. The summed E-state index contributed by atoms with van der Waals surface area (Å²) in [6.45, 7) is 1.85. The van der Waals surface area contributed by atoms with E-state index in [1.807, 2.05) is 0 Å². The molecule has 0 fully saturated rings. The van der Waals surface area contributed by atoms with E-state index in [4.69, 9.17) is 4.52 Å². The van der Waals surface area contributed by atoms with Crippen LogP contribution in [0.5, 0.6) is 0 Å². The van der Waals surface area contributed by atoms with Gasteiger partial charge in [-0.05, 0) is 25.1 Å². The Kier molecular flexibility index (Phi) is 6.33. The highest BCUT2D eigenvalue weighted by Gasteiger charge is 2.38. The van der Waals surface area contributed by atoms with Crippen molar-refractivity contribution in [1.82, 2.24) is 24.6 Å². The summed E-state index contributed by atoms with van der Waals surface area (Å²) in [5, 5.41) is 6.17. The predicted octanol–water partition coefficient (Wildman–Crippen LogP) is 5.06. The molecule has 4 aromatic rings. The number of hydrogen-bond acceptors (Lipinski definition) is 6. The van der Waals surface area contributed by atoms with Crippen LogP contribution in [-0.2, 0) is 28.0 Å². The van der Waals surface area contributed by atoms with E-state index in [0.29, 0.717) is 16.9 Å². The number of imidazole rings is 1. The van der Waals surface area contributed by atoms with Crippen molar-refractivity contribution in [3.05, 3.63) is 71.8 Å². The van der Waals surface area contributed by atoms with Gasteiger partial charge >= 0.3 is 12.1 Å². The number of benzene rings is 1. The van der Waals surface area contributed by atoms with E-state index in [1.165, 1.54) is 18.2 Å². The Labute approximate surface area is 185 Å². The zero-order valence-corrected chi connectivity index (χ0v) is 18.1. The molecular weight excluding hydrogens is 465 g/mol. The van der Waals surface area contributed by atoms with Crippen molar-refractivity contribution in [3.63, 3.8) is 0 Å². The number of nitrogens with zero attached hydrogens (tertiary/aromatic N) is 4. The number of aromatic nitrogens is 4. The number of fused-ring (bicyclic) bond motifs is 1. The highest BCUT2D eigenvalue weighted by molar-refractivity contribution is 7.56. The maximum Gasteiger partial charge on any atom is 0.471 e. The van der Waals surface area contributed by atoms with Crippen LogP contribution >= 0.6 is 7.52 Å². The topological polar surface area (TPSA) is 94.5 Å². The second-order valence-electron chi connectivity index (χ2n) is 7.01. The second-order valence-corrected chi connectivity index (χ2v) is 9.25. The smallest absolute Gasteiger partial charge is 0.329 e. The Morgan fingerprint density at radius 1 is 1.21 bits per heavy atom. The third-order valence-corrected chi connectivity index (χ3v) is 6.67. The third kappa shape index (κ3) is 5.29. The lowest BCUT2D eigenvalue weighted by atomic mass is 10.2. The molecule has 1 atom stereocenters. The van der Waals surface area contributed by atoms with Gasteiger partial charge in [-0.1, -0.05) is 23.4 Å². The maximum absolute atomic E-state index is 13.9. The number of nitrogens with one attached hydrogen (secondary N) is 1. The van der Waals surface area contributed by atoms with Crippen LogP contribution in [0.25, 0.3) is 17.0 Å². The van der Waals surface area contributed by atoms with Gasteiger partial charge in [0.25, 0.3) is 7.52 Å². The highest BCUT2D eigenvalue weighted by atomic mass is 31.2. The number of hydrogen-bond donors (Lipinski definition) is 1. The van der Waals surface area contributed by atoms with Crippen LogP contribution in [0.2, 0.25) is 0 Å². The maximum atomic E-state index is 13.9. The number of halogens is 4. The molecular formula is C20H18F4N5O3P. The molecule has 3 aromatic heterocycles. The van der Waals surface area contributed by atoms with E-state index >= 15 is 0 Å². The predicted molar refractivity (Wildman–Crippen MR) is 110 cm³/mol. The standard InChI is InChI=1S/C20H18F4N5O3P/c1-2-31-33(30,25-10-14-5-3-4-6-16(14)21)12-15-11-29-8-7-13(9-17(29)26-15)18-27-19(32-28-18)20(22,23)24/h3-9,11H,2,10,12H2,1H3,(H,25,30). The van der Waals surface area contributed by atoms with Crippen molar-refractivity contribution in [3.8, 4) is 11.4 Å². The number of pyridine rings is 1. The molecule has 0 aliphatic rings. The molecule has 0 aliphatic heterocycles. The Hall–Kier alpha value is -3.08. The summed E-state index contributed by atoms with van der Waals surface area (Å²) in [6.07, 6.45) is -1.64. The average Bonchev–Trinajstić information content (AvgIpc) is 3.39. The van der Waals surface area contributed by atoms with Gasteiger partial charge in [-0.25, -0.2) is 14.5 Å². The minimum atomic E-state index is -4.74. The lowest BCUT2D eigenvalue weighted by Crippen LogP contribution is -2.15. The quantitative estimate of drug-likeness (QED) is 0.277. The molecule has 0 spiro atoms. The average molecular weight is 483 g/mol. The van der Waals surface area contributed by atoms with Gasteiger partial charge < -0.3 is 13.4 Å². The molecule has 4 rings (SSSR count). The van der Waals surface area contributed by atoms with Crippen molar-refractivity contribution in [2.24, 2.45) is 0 Å². The molecule has 1 N–H and O–H groups in total. The van der Waals surface area contributed by atoms with Crippen LogP contribution in [-0.4, -0.2) is 26.1 Å². The molecule has 1 unspecified atom stereocenters. The van der Waals surface area contributed by atoms with Crippen molar-refractivity contribution in [2.75, 3.05) is 6.61 Å². The van der Waals surface area contributed by atoms with E-state index in [2.05, 4.69) is 24.7 Å². The van der Waals surface area contributed by atoms with E-state index in [0.717, 1.165) is 0 Å². The number of rotatable bonds is 8. The van der Waals surface area contributed by atoms with Crippen LogP contribution in [0.15, 0.2) is 53.3 Å². The van der Waals surface area contributed by atoms with Crippen LogP contribution in [0.4, 0.5) is 17.6 Å². The van der Waals surface area contributed by atoms with Crippen molar-refractivity contribution >= 4 is 13.2 Å². The molecule has 13 heteroatoms. The van der Waals surface area contributed by atoms with E-state index in [1.54, 1.807) is 41.9 Å². The van der Waals surface area contributed by atoms with Gasteiger partial charge in [-0.3, -0.25) is 4.57 Å². The Morgan fingerprint density at radius 3 is 2.70 bits per heavy atom. The minimum absolute atomic E-state index is 0.000831. The summed E-state index contributed by atoms with van der Waals surface area (Å²) in [7, 11) is -3.42. The summed E-state index contributed by atoms with van der Waals surface area (Å²) in [6, 6.07) is 9.10. The van der Waals surface area contributed by atoms with Crippen LogP contribution in [0.3, 0.4) is 0 Å². The molecule has 0 bridgehead atoms. The summed E-state index contributed by atoms with van der Waals surface area (Å²) < 4.78 is 76.6. The molecule has 0 aliphatic carbocycles. The first kappa shape index (κ1) is 23.1. The molecule has 0 amide bonds. The molecule has 33 heavy (non-hydrogen) atoms. The van der Waals surface area contributed by atoms with Gasteiger partial charge in [-0.15, -0.1) is 0 Å². The molecule has 0 saturated heterocycles. The van der Waals surface area contributed by atoms with E-state index in [-0.39, 0.29) is 30.7 Å². The van der Waals surface area contributed by atoms with Crippen LogP contribution in [0.1, 0.15) is 24.1 Å². The summed E-state index contributed by atoms with van der Waals surface area (Å²) >= 11 is 0. The van der Waals surface area contributed by atoms with E-state index < -0.39 is 25.4 Å². The Bertz CT molecular complexity index is 1320. The third-order valence-electron chi connectivity index (χ3n) is 4.61. The first-order chi connectivity index (χ1) is 15.7. The van der Waals surface area contributed by atoms with Gasteiger partial charge in [0.2, 0.25) is 5.82 Å². The SMILES string of the molecule is CCOP(=O)(Cc1cn2ccc(-c3noc(C(F)(F)F)n3)cc2n1)NCc1ccccc1F. The Morgan fingerprint density at radius 2 is 2.00 bits per heavy atom. The van der Waals surface area contributed by atoms with Gasteiger partial charge in [0.15, 0.2) is 0 Å². The summed E-state index contributed by atoms with van der Waals surface area (Å²) in [4.78, 5) is 7.75. The monoisotopic (exact) mass is 483 g/mol. The Balaban J connectivity index is 1.55. The van der Waals surface area contributed by atoms with Gasteiger partial charge in [0.05, 0.1) is 18.5 Å². The van der Waals surface area contributed by atoms with E-state index in [9.17, 15) is 22.1 Å². The van der Waals surface area contributed by atoms with Crippen LogP contribution in [0, 0.1) is 5.82 Å². The van der Waals surface area contributed by atoms with Gasteiger partial charge in [0.1, 0.15) is 11.5 Å². The lowest BCUT2D eigenvalue weighted by Gasteiger charge is -2.18. The fourth-order valence-electron chi connectivity index (χ4n) is 3.12. The largest absolute Gasteiger partial charge is 0.471 e. The van der Waals surface area contributed by atoms with Gasteiger partial charge in [0, 0.05) is 30.1 Å². The zero-order valence-electron chi connectivity index (χ0n) is 17.2. The van der Waals surface area contributed by atoms with Crippen LogP contribution < -0.4 is 5.09 Å².